The summed E-state index contributed by atoms with van der Waals surface area (Å²) in [6.07, 6.45) is -4.43. The van der Waals surface area contributed by atoms with Gasteiger partial charge in [-0.2, -0.15) is 13.2 Å². The third kappa shape index (κ3) is 3.42. The molecule has 3 aromatic rings. The number of benzene rings is 2. The Hall–Kier alpha value is -3.35. The largest absolute Gasteiger partial charge is 0.468 e. The molecule has 0 unspecified atom stereocenters. The number of nitrogens with zero attached hydrogens (tertiary/aromatic N) is 1. The lowest BCUT2D eigenvalue weighted by atomic mass is 9.91. The van der Waals surface area contributed by atoms with Gasteiger partial charge in [0.2, 0.25) is 5.88 Å². The Labute approximate surface area is 184 Å². The predicted octanol–water partition coefficient (Wildman–Crippen LogP) is 6.13. The molecule has 4 rings (SSSR count). The average Bonchev–Trinajstić information content (AvgIpc) is 3.30. The van der Waals surface area contributed by atoms with Gasteiger partial charge in [-0.3, -0.25) is 4.79 Å². The molecule has 1 aliphatic carbocycles. The zero-order valence-corrected chi connectivity index (χ0v) is 17.8. The molecule has 1 saturated carbocycles. The molecule has 4 nitrogen and oxygen atoms in total. The van der Waals surface area contributed by atoms with Crippen molar-refractivity contribution < 1.29 is 27.4 Å². The summed E-state index contributed by atoms with van der Waals surface area (Å²) in [4.78, 5) is 17.7. The van der Waals surface area contributed by atoms with Crippen LogP contribution in [0.4, 0.5) is 13.2 Å². The average molecular weight is 441 g/mol. The van der Waals surface area contributed by atoms with Crippen LogP contribution in [0.15, 0.2) is 72.8 Å². The minimum Gasteiger partial charge on any atom is -0.468 e. The van der Waals surface area contributed by atoms with Crippen molar-refractivity contribution in [1.29, 1.82) is 0 Å². The second kappa shape index (κ2) is 7.65. The van der Waals surface area contributed by atoms with Gasteiger partial charge < -0.3 is 9.47 Å². The Morgan fingerprint density at radius 3 is 2.19 bits per heavy atom. The number of carbonyl (C=O) groups excluding carboxylic acids is 1. The maximum atomic E-state index is 13.1. The minimum absolute atomic E-state index is 0.311. The summed E-state index contributed by atoms with van der Waals surface area (Å²) >= 11 is 0. The number of hydrogen-bond donors (Lipinski definition) is 0. The first-order chi connectivity index (χ1) is 15.1. The van der Waals surface area contributed by atoms with E-state index in [1.54, 1.807) is 30.3 Å². The monoisotopic (exact) mass is 441 g/mol. The molecule has 0 aliphatic heterocycles. The van der Waals surface area contributed by atoms with Gasteiger partial charge in [0.05, 0.1) is 18.4 Å². The van der Waals surface area contributed by atoms with Gasteiger partial charge in [0.1, 0.15) is 11.2 Å². The number of esters is 1. The molecule has 2 atom stereocenters. The molecule has 32 heavy (non-hydrogen) atoms. The molecule has 7 heteroatoms. The summed E-state index contributed by atoms with van der Waals surface area (Å²) in [5.41, 5.74) is -1.47. The van der Waals surface area contributed by atoms with E-state index in [-0.39, 0.29) is 0 Å². The number of hydrogen-bond acceptors (Lipinski definition) is 4. The molecule has 1 fully saturated rings. The zero-order valence-electron chi connectivity index (χ0n) is 17.8. The third-order valence-electron chi connectivity index (χ3n) is 6.26. The molecule has 0 saturated heterocycles. The summed E-state index contributed by atoms with van der Waals surface area (Å²) in [5, 5.41) is 0. The van der Waals surface area contributed by atoms with E-state index in [0.717, 1.165) is 12.1 Å². The molecule has 2 aromatic carbocycles. The lowest BCUT2D eigenvalue weighted by molar-refractivity contribution is -0.145. The van der Waals surface area contributed by atoms with E-state index < -0.39 is 34.5 Å². The van der Waals surface area contributed by atoms with Crippen molar-refractivity contribution in [2.45, 2.75) is 31.4 Å². The second-order valence-electron chi connectivity index (χ2n) is 8.35. The first kappa shape index (κ1) is 21.9. The molecule has 0 bridgehead atoms. The summed E-state index contributed by atoms with van der Waals surface area (Å²) in [7, 11) is 1.30. The van der Waals surface area contributed by atoms with Crippen molar-refractivity contribution >= 4 is 5.97 Å². The van der Waals surface area contributed by atoms with Gasteiger partial charge in [0.25, 0.3) is 0 Å². The van der Waals surface area contributed by atoms with Gasteiger partial charge in [-0.15, -0.1) is 0 Å². The maximum Gasteiger partial charge on any atom is 0.416 e. The molecular formula is C25H22F3NO3. The maximum absolute atomic E-state index is 13.1. The van der Waals surface area contributed by atoms with Crippen molar-refractivity contribution in [3.8, 4) is 11.6 Å². The summed E-state index contributed by atoms with van der Waals surface area (Å²) < 4.78 is 50.0. The van der Waals surface area contributed by atoms with E-state index in [1.165, 1.54) is 19.2 Å². The van der Waals surface area contributed by atoms with Crippen LogP contribution in [-0.4, -0.2) is 18.1 Å². The van der Waals surface area contributed by atoms with Crippen molar-refractivity contribution in [3.63, 3.8) is 0 Å². The van der Waals surface area contributed by atoms with Crippen LogP contribution in [-0.2, 0) is 21.1 Å². The number of carbonyl (C=O) groups is 1. The van der Waals surface area contributed by atoms with E-state index in [0.29, 0.717) is 22.9 Å². The first-order valence-corrected chi connectivity index (χ1v) is 10.1. The van der Waals surface area contributed by atoms with E-state index in [4.69, 9.17) is 9.47 Å². The van der Waals surface area contributed by atoms with Crippen LogP contribution in [0.3, 0.4) is 0 Å². The zero-order chi connectivity index (χ0) is 23.1. The van der Waals surface area contributed by atoms with Gasteiger partial charge in [0.15, 0.2) is 0 Å². The number of ether oxygens (including phenoxy) is 2. The molecule has 1 heterocycles. The van der Waals surface area contributed by atoms with Gasteiger partial charge in [-0.25, -0.2) is 4.98 Å². The Bertz CT molecular complexity index is 1130. The van der Waals surface area contributed by atoms with Crippen LogP contribution in [0, 0.1) is 5.41 Å². The van der Waals surface area contributed by atoms with E-state index >= 15 is 0 Å². The highest BCUT2D eigenvalue weighted by Gasteiger charge is 2.78. The summed E-state index contributed by atoms with van der Waals surface area (Å²) in [6.45, 7) is 3.78. The number of alkyl halides is 3. The highest BCUT2D eigenvalue weighted by atomic mass is 19.4. The number of rotatable bonds is 5. The number of methoxy groups -OCH3 is 1. The van der Waals surface area contributed by atoms with E-state index in [1.807, 2.05) is 32.0 Å². The fourth-order valence-electron chi connectivity index (χ4n) is 4.72. The number of halogens is 3. The van der Waals surface area contributed by atoms with Crippen LogP contribution in [0.5, 0.6) is 11.6 Å². The normalized spacial score (nSPS) is 21.6. The topological polar surface area (TPSA) is 48.4 Å². The van der Waals surface area contributed by atoms with Gasteiger partial charge in [-0.1, -0.05) is 50.2 Å². The molecule has 0 N–H and O–H groups in total. The Morgan fingerprint density at radius 2 is 1.59 bits per heavy atom. The molecule has 0 spiro atoms. The van der Waals surface area contributed by atoms with Gasteiger partial charge >= 0.3 is 12.1 Å². The fourth-order valence-corrected chi connectivity index (χ4v) is 4.72. The van der Waals surface area contributed by atoms with E-state index in [9.17, 15) is 18.0 Å². The number of para-hydroxylation sites is 1. The first-order valence-electron chi connectivity index (χ1n) is 10.1. The molecule has 166 valence electrons. The fraction of sp³-hybridized carbons (Fsp3) is 0.280. The quantitative estimate of drug-likeness (QED) is 0.447. The highest BCUT2D eigenvalue weighted by molar-refractivity contribution is 5.91. The number of pyridine rings is 1. The Balaban J connectivity index is 1.75. The van der Waals surface area contributed by atoms with Crippen LogP contribution in [0.1, 0.15) is 36.6 Å². The van der Waals surface area contributed by atoms with Crippen molar-refractivity contribution in [2.75, 3.05) is 7.11 Å². The number of aromatic nitrogens is 1. The molecule has 0 amide bonds. The molecular weight excluding hydrogens is 419 g/mol. The van der Waals surface area contributed by atoms with Gasteiger partial charge in [0, 0.05) is 12.0 Å². The standard InChI is InChI=1S/C25H22F3NO3/c1-23(2)21(16-12-14-17(15-13-16)25(26,27)28)24(23,22(30)31-3)19-10-7-11-20(29-19)32-18-8-5-4-6-9-18/h4-15,21H,1-3H3/t21-,24-/m0/s1. The smallest absolute Gasteiger partial charge is 0.416 e. The SMILES string of the molecule is COC(=O)[C@]1(c2cccc(Oc3ccccc3)n2)[C@@H](c2ccc(C(F)(F)F)cc2)C1(C)C. The highest BCUT2D eigenvalue weighted by Crippen LogP contribution is 2.74. The van der Waals surface area contributed by atoms with E-state index in [2.05, 4.69) is 4.98 Å². The Kier molecular flexibility index (Phi) is 5.23. The van der Waals surface area contributed by atoms with Crippen LogP contribution in [0.25, 0.3) is 0 Å². The Morgan fingerprint density at radius 1 is 0.938 bits per heavy atom. The third-order valence-corrected chi connectivity index (χ3v) is 6.26. The van der Waals surface area contributed by atoms with Crippen molar-refractivity contribution in [3.05, 3.63) is 89.6 Å². The second-order valence-corrected chi connectivity index (χ2v) is 8.35. The molecule has 1 aliphatic rings. The van der Waals surface area contributed by atoms with Crippen molar-refractivity contribution in [2.24, 2.45) is 5.41 Å². The summed E-state index contributed by atoms with van der Waals surface area (Å²) in [5.74, 6) is 0.00503. The van der Waals surface area contributed by atoms with Crippen LogP contribution >= 0.6 is 0 Å². The van der Waals surface area contributed by atoms with Crippen LogP contribution in [0.2, 0.25) is 0 Å². The minimum atomic E-state index is -4.43. The van der Waals surface area contributed by atoms with Crippen molar-refractivity contribution in [1.82, 2.24) is 4.98 Å². The van der Waals surface area contributed by atoms with Gasteiger partial charge in [-0.05, 0) is 41.3 Å². The summed E-state index contributed by atoms with van der Waals surface area (Å²) in [6, 6.07) is 19.2. The van der Waals surface area contributed by atoms with Crippen LogP contribution < -0.4 is 4.74 Å². The molecule has 0 radical (unpaired) electrons. The lowest BCUT2D eigenvalue weighted by Crippen LogP contribution is -2.29. The lowest BCUT2D eigenvalue weighted by Gasteiger charge is -2.18. The molecule has 1 aromatic heterocycles. The predicted molar refractivity (Wildman–Crippen MR) is 112 cm³/mol.